The molecular formula is C40H68O10. The van der Waals surface area contributed by atoms with E-state index < -0.39 is 23.6 Å². The maximum Gasteiger partial charge on any atom is 0.308 e. The summed E-state index contributed by atoms with van der Waals surface area (Å²) in [5, 5.41) is 30.8. The van der Waals surface area contributed by atoms with E-state index in [1.165, 1.54) is 0 Å². The number of carbonyl (C=O) groups is 1. The van der Waals surface area contributed by atoms with Crippen LogP contribution in [0, 0.1) is 52.8 Å². The third-order valence-corrected chi connectivity index (χ3v) is 14.8. The monoisotopic (exact) mass is 708 g/mol. The number of aliphatic hydroxyl groups is 2. The van der Waals surface area contributed by atoms with E-state index in [9.17, 15) is 20.1 Å². The number of carboxylic acids is 1. The second-order valence-electron chi connectivity index (χ2n) is 18.7. The molecule has 6 rings (SSSR count). The highest BCUT2D eigenvalue weighted by Gasteiger charge is 2.64. The van der Waals surface area contributed by atoms with Gasteiger partial charge in [-0.25, -0.2) is 0 Å². The fraction of sp³-hybridized carbons (Fsp3) is 0.975. The summed E-state index contributed by atoms with van der Waals surface area (Å²) >= 11 is 0. The van der Waals surface area contributed by atoms with Crippen molar-refractivity contribution in [2.75, 3.05) is 7.11 Å². The second kappa shape index (κ2) is 14.1. The molecule has 50 heavy (non-hydrogen) atoms. The molecule has 0 amide bonds. The van der Waals surface area contributed by atoms with E-state index in [-0.39, 0.29) is 83.3 Å². The van der Waals surface area contributed by atoms with Crippen molar-refractivity contribution in [3.05, 3.63) is 0 Å². The zero-order chi connectivity index (χ0) is 36.6. The summed E-state index contributed by atoms with van der Waals surface area (Å²) in [5.74, 6) is -3.32. The molecule has 5 heterocycles. The van der Waals surface area contributed by atoms with Gasteiger partial charge in [-0.05, 0) is 94.3 Å². The Morgan fingerprint density at radius 3 is 2.26 bits per heavy atom. The number of hydrogen-bond acceptors (Lipinski definition) is 9. The van der Waals surface area contributed by atoms with Gasteiger partial charge in [0.1, 0.15) is 0 Å². The van der Waals surface area contributed by atoms with Crippen LogP contribution in [0.5, 0.6) is 0 Å². The van der Waals surface area contributed by atoms with E-state index in [1.54, 1.807) is 14.0 Å². The largest absolute Gasteiger partial charge is 0.481 e. The molecule has 5 saturated heterocycles. The van der Waals surface area contributed by atoms with E-state index in [1.807, 2.05) is 6.92 Å². The molecule has 1 saturated carbocycles. The van der Waals surface area contributed by atoms with Gasteiger partial charge in [0.25, 0.3) is 5.97 Å². The van der Waals surface area contributed by atoms with Gasteiger partial charge < -0.3 is 43.7 Å². The van der Waals surface area contributed by atoms with Gasteiger partial charge in [0, 0.05) is 37.7 Å². The van der Waals surface area contributed by atoms with Gasteiger partial charge in [-0.2, -0.15) is 0 Å². The van der Waals surface area contributed by atoms with Crippen molar-refractivity contribution in [2.24, 2.45) is 52.8 Å². The maximum atomic E-state index is 11.8. The third-order valence-electron chi connectivity index (χ3n) is 14.8. The first-order valence-corrected chi connectivity index (χ1v) is 19.9. The number of carboxylic acid groups (broad SMARTS) is 1. The van der Waals surface area contributed by atoms with Crippen LogP contribution in [0.1, 0.15) is 127 Å². The lowest BCUT2D eigenvalue weighted by Gasteiger charge is -2.50. The molecule has 0 aromatic carbocycles. The summed E-state index contributed by atoms with van der Waals surface area (Å²) in [6, 6.07) is 0. The minimum absolute atomic E-state index is 0.0164. The number of ether oxygens (including phenoxy) is 6. The predicted octanol–water partition coefficient (Wildman–Crippen LogP) is 6.53. The van der Waals surface area contributed by atoms with Crippen LogP contribution in [0.15, 0.2) is 0 Å². The van der Waals surface area contributed by atoms with Gasteiger partial charge in [-0.3, -0.25) is 4.79 Å². The van der Waals surface area contributed by atoms with Crippen LogP contribution in [0.2, 0.25) is 0 Å². The van der Waals surface area contributed by atoms with Gasteiger partial charge in [-0.15, -0.1) is 0 Å². The maximum absolute atomic E-state index is 11.8. The van der Waals surface area contributed by atoms with Gasteiger partial charge in [0.2, 0.25) is 0 Å². The van der Waals surface area contributed by atoms with Crippen molar-refractivity contribution in [2.45, 2.75) is 187 Å². The van der Waals surface area contributed by atoms with Crippen LogP contribution in [-0.2, 0) is 33.2 Å². The first kappa shape index (κ1) is 38.9. The lowest BCUT2D eigenvalue weighted by Crippen LogP contribution is -2.58. The fourth-order valence-electron chi connectivity index (χ4n) is 11.7. The Labute approximate surface area is 300 Å². The fourth-order valence-corrected chi connectivity index (χ4v) is 11.7. The molecule has 1 spiro atoms. The number of methoxy groups -OCH3 is 1. The van der Waals surface area contributed by atoms with Crippen molar-refractivity contribution < 1.29 is 48.5 Å². The Balaban J connectivity index is 1.13. The Bertz CT molecular complexity index is 1210. The predicted molar refractivity (Wildman–Crippen MR) is 187 cm³/mol. The first-order valence-electron chi connectivity index (χ1n) is 19.9. The third kappa shape index (κ3) is 6.96. The standard InChI is InChI=1S/C40H68O10/c1-21-11-12-29(46-33(21)26(6)36(41)42)17-30-18-31(45-10)27(7)39(48-30)25(5)19-38(9,50-39)28-13-14-37(8,20-28)35-23(3)16-32(47-35)34-22(2)15-24(4)40(43,44)49-34/h21-35,43-44H,11-20H2,1-10H3,(H,41,42). The zero-order valence-electron chi connectivity index (χ0n) is 32.4. The van der Waals surface area contributed by atoms with Crippen molar-refractivity contribution in [3.8, 4) is 0 Å². The summed E-state index contributed by atoms with van der Waals surface area (Å²) in [7, 11) is 1.79. The van der Waals surface area contributed by atoms with Crippen molar-refractivity contribution in [1.82, 2.24) is 0 Å². The zero-order valence-corrected chi connectivity index (χ0v) is 32.4. The highest BCUT2D eigenvalue weighted by molar-refractivity contribution is 5.70. The van der Waals surface area contributed by atoms with Gasteiger partial charge >= 0.3 is 5.97 Å². The molecule has 18 atom stereocenters. The van der Waals surface area contributed by atoms with Crippen molar-refractivity contribution >= 4 is 5.97 Å². The number of aliphatic carboxylic acids is 1. The molecule has 6 aliphatic rings. The Morgan fingerprint density at radius 2 is 1.58 bits per heavy atom. The topological polar surface area (TPSA) is 133 Å². The van der Waals surface area contributed by atoms with Crippen LogP contribution in [0.4, 0.5) is 0 Å². The van der Waals surface area contributed by atoms with Crippen LogP contribution in [0.25, 0.3) is 0 Å². The van der Waals surface area contributed by atoms with Crippen LogP contribution in [-0.4, -0.2) is 88.5 Å². The van der Waals surface area contributed by atoms with Crippen LogP contribution < -0.4 is 0 Å². The van der Waals surface area contributed by atoms with E-state index in [2.05, 4.69) is 48.5 Å². The highest BCUT2D eigenvalue weighted by Crippen LogP contribution is 2.60. The molecule has 0 radical (unpaired) electrons. The molecule has 0 aromatic rings. The second-order valence-corrected chi connectivity index (χ2v) is 18.7. The molecule has 5 aliphatic heterocycles. The highest BCUT2D eigenvalue weighted by atomic mass is 16.8. The minimum Gasteiger partial charge on any atom is -0.481 e. The van der Waals surface area contributed by atoms with E-state index in [4.69, 9.17) is 28.4 Å². The summed E-state index contributed by atoms with van der Waals surface area (Å²) in [4.78, 5) is 11.8. The Morgan fingerprint density at radius 1 is 0.860 bits per heavy atom. The molecule has 288 valence electrons. The molecule has 3 N–H and O–H groups in total. The number of hydrogen-bond donors (Lipinski definition) is 3. The first-order chi connectivity index (χ1) is 23.3. The summed E-state index contributed by atoms with van der Waals surface area (Å²) < 4.78 is 39.8. The molecule has 10 nitrogen and oxygen atoms in total. The summed E-state index contributed by atoms with van der Waals surface area (Å²) in [6.45, 7) is 19.2. The average Bonchev–Trinajstić information content (AvgIpc) is 3.72. The summed E-state index contributed by atoms with van der Waals surface area (Å²) in [6.07, 6.45) is 7.93. The van der Waals surface area contributed by atoms with Gasteiger partial charge in [0.05, 0.1) is 54.2 Å². The molecular weight excluding hydrogens is 640 g/mol. The van der Waals surface area contributed by atoms with Gasteiger partial charge in [-0.1, -0.05) is 48.5 Å². The summed E-state index contributed by atoms with van der Waals surface area (Å²) in [5.41, 5.74) is -0.392. The quantitative estimate of drug-likeness (QED) is 0.239. The Kier molecular flexibility index (Phi) is 11.0. The molecule has 18 unspecified atom stereocenters. The SMILES string of the molecule is COC1CC(CC2CCC(C)C(C(C)C(=O)O)O2)OC2(OC(C)(C3CCC(C)(C4OC(C5OC(O)(O)C(C)CC5C)CC4C)C3)CC2C)C1C. The molecule has 0 aromatic heterocycles. The smallest absolute Gasteiger partial charge is 0.308 e. The van der Waals surface area contributed by atoms with E-state index in [0.29, 0.717) is 24.7 Å². The lowest BCUT2D eigenvalue weighted by atomic mass is 9.73. The molecule has 1 aliphatic carbocycles. The van der Waals surface area contributed by atoms with E-state index in [0.717, 1.165) is 51.4 Å². The number of rotatable bonds is 8. The van der Waals surface area contributed by atoms with E-state index >= 15 is 0 Å². The minimum atomic E-state index is -2.12. The molecule has 10 heteroatoms. The molecule has 0 bridgehead atoms. The van der Waals surface area contributed by atoms with Crippen LogP contribution in [0.3, 0.4) is 0 Å². The van der Waals surface area contributed by atoms with Gasteiger partial charge in [0.15, 0.2) is 5.79 Å². The normalized spacial score (nSPS) is 53.1. The van der Waals surface area contributed by atoms with Crippen LogP contribution >= 0.6 is 0 Å². The molecule has 6 fully saturated rings. The van der Waals surface area contributed by atoms with Crippen molar-refractivity contribution in [3.63, 3.8) is 0 Å². The Hall–Kier alpha value is -0.850. The lowest BCUT2D eigenvalue weighted by molar-refractivity contribution is -0.409. The van der Waals surface area contributed by atoms with Crippen molar-refractivity contribution in [1.29, 1.82) is 0 Å². The average molecular weight is 709 g/mol.